The molecule has 1 aliphatic rings. The van der Waals surface area contributed by atoms with Gasteiger partial charge in [-0.2, -0.15) is 0 Å². The smallest absolute Gasteiger partial charge is 0.225 e. The Kier molecular flexibility index (Phi) is 2.99. The number of anilines is 1. The maximum Gasteiger partial charge on any atom is 0.225 e. The van der Waals surface area contributed by atoms with Crippen molar-refractivity contribution in [1.29, 1.82) is 0 Å². The van der Waals surface area contributed by atoms with Gasteiger partial charge in [0.2, 0.25) is 5.95 Å². The molecule has 0 radical (unpaired) electrons. The maximum absolute atomic E-state index is 10.9. The summed E-state index contributed by atoms with van der Waals surface area (Å²) in [5, 5.41) is 24.6. The third-order valence-electron chi connectivity index (χ3n) is 2.40. The quantitative estimate of drug-likeness (QED) is 0.397. The van der Waals surface area contributed by atoms with Crippen LogP contribution in [0.3, 0.4) is 0 Å². The highest BCUT2D eigenvalue weighted by atomic mass is 16.6. The first kappa shape index (κ1) is 10.4. The Morgan fingerprint density at radius 2 is 1.81 bits per heavy atom. The largest absolute Gasteiger partial charge is 0.737 e. The van der Waals surface area contributed by atoms with E-state index in [4.69, 9.17) is 0 Å². The molecule has 0 saturated carbocycles. The van der Waals surface area contributed by atoms with Crippen LogP contribution in [0.4, 0.5) is 5.95 Å². The highest BCUT2D eigenvalue weighted by molar-refractivity contribution is 5.28. The normalized spacial score (nSPS) is 17.6. The molecule has 8 heteroatoms. The molecule has 1 aromatic rings. The van der Waals surface area contributed by atoms with Gasteiger partial charge in [-0.3, -0.25) is 0 Å². The summed E-state index contributed by atoms with van der Waals surface area (Å²) in [7, 11) is 0. The molecule has 0 aromatic carbocycles. The predicted molar refractivity (Wildman–Crippen MR) is 55.2 cm³/mol. The number of aromatic nitrogens is 2. The zero-order chi connectivity index (χ0) is 11.4. The van der Waals surface area contributed by atoms with Crippen molar-refractivity contribution in [3.63, 3.8) is 0 Å². The molecule has 86 valence electrons. The van der Waals surface area contributed by atoms with Crippen LogP contribution in [0.1, 0.15) is 0 Å². The van der Waals surface area contributed by atoms with E-state index in [0.717, 1.165) is 0 Å². The minimum atomic E-state index is 0.0865. The van der Waals surface area contributed by atoms with Crippen LogP contribution in [-0.4, -0.2) is 46.1 Å². The van der Waals surface area contributed by atoms with Crippen LogP contribution < -0.4 is 4.90 Å². The molecule has 0 atom stereocenters. The number of piperazine rings is 1. The molecule has 1 aromatic heterocycles. The summed E-state index contributed by atoms with van der Waals surface area (Å²) >= 11 is 0. The third kappa shape index (κ3) is 2.10. The first-order valence-corrected chi connectivity index (χ1v) is 4.88. The van der Waals surface area contributed by atoms with Gasteiger partial charge in [-0.05, 0) is 11.3 Å². The lowest BCUT2D eigenvalue weighted by molar-refractivity contribution is -0.690. The lowest BCUT2D eigenvalue weighted by atomic mass is 10.4. The molecule has 1 aliphatic heterocycles. The van der Waals surface area contributed by atoms with Gasteiger partial charge in [-0.15, -0.1) is 5.01 Å². The number of rotatable bonds is 2. The topological polar surface area (TPSA) is 93.7 Å². The van der Waals surface area contributed by atoms with Gasteiger partial charge in [0, 0.05) is 30.5 Å². The van der Waals surface area contributed by atoms with E-state index in [1.54, 1.807) is 18.5 Å². The molecular weight excluding hydrogens is 212 g/mol. The van der Waals surface area contributed by atoms with Crippen molar-refractivity contribution < 1.29 is 4.97 Å². The van der Waals surface area contributed by atoms with E-state index >= 15 is 0 Å². The molecule has 0 aliphatic carbocycles. The Balaban J connectivity index is 1.96. The Morgan fingerprint density at radius 3 is 2.38 bits per heavy atom. The summed E-state index contributed by atoms with van der Waals surface area (Å²) in [4.78, 5) is 10.3. The van der Waals surface area contributed by atoms with Crippen LogP contribution in [0.5, 0.6) is 0 Å². The van der Waals surface area contributed by atoms with Gasteiger partial charge in [0.05, 0.1) is 13.1 Å². The van der Waals surface area contributed by atoms with E-state index in [1.165, 1.54) is 5.01 Å². The van der Waals surface area contributed by atoms with E-state index in [0.29, 0.717) is 32.1 Å². The van der Waals surface area contributed by atoms with Crippen LogP contribution in [-0.2, 0) is 0 Å². The summed E-state index contributed by atoms with van der Waals surface area (Å²) in [5.41, 5.74) is 0. The van der Waals surface area contributed by atoms with Crippen LogP contribution in [0.2, 0.25) is 0 Å². The molecule has 0 spiro atoms. The fourth-order valence-corrected chi connectivity index (χ4v) is 1.57. The van der Waals surface area contributed by atoms with Crippen molar-refractivity contribution in [2.75, 3.05) is 31.1 Å². The van der Waals surface area contributed by atoms with Crippen LogP contribution in [0.25, 0.3) is 0 Å². The number of hydrogen-bond acceptors (Lipinski definition) is 6. The molecular formula is C8H11N6O2-. The highest BCUT2D eigenvalue weighted by Crippen LogP contribution is 2.09. The van der Waals surface area contributed by atoms with E-state index < -0.39 is 0 Å². The lowest BCUT2D eigenvalue weighted by Crippen LogP contribution is -2.49. The Morgan fingerprint density at radius 1 is 1.19 bits per heavy atom. The predicted octanol–water partition coefficient (Wildman–Crippen LogP) is -0.0261. The molecule has 1 saturated heterocycles. The summed E-state index contributed by atoms with van der Waals surface area (Å²) in [6.07, 6.45) is 3.34. The zero-order valence-corrected chi connectivity index (χ0v) is 8.56. The summed E-state index contributed by atoms with van der Waals surface area (Å²) < 4.78 is 0. The fraction of sp³-hybridized carbons (Fsp3) is 0.500. The van der Waals surface area contributed by atoms with Crippen molar-refractivity contribution in [2.24, 2.45) is 5.28 Å². The second-order valence-electron chi connectivity index (χ2n) is 3.32. The number of hydrogen-bond donors (Lipinski definition) is 0. The molecule has 2 rings (SSSR count). The van der Waals surface area contributed by atoms with Crippen molar-refractivity contribution in [2.45, 2.75) is 0 Å². The molecule has 0 amide bonds. The summed E-state index contributed by atoms with van der Waals surface area (Å²) in [6, 6.07) is 1.75. The van der Waals surface area contributed by atoms with Gasteiger partial charge in [-0.25, -0.2) is 9.97 Å². The van der Waals surface area contributed by atoms with Crippen molar-refractivity contribution >= 4 is 5.95 Å². The van der Waals surface area contributed by atoms with Gasteiger partial charge in [0.25, 0.3) is 0 Å². The van der Waals surface area contributed by atoms with Crippen molar-refractivity contribution in [3.8, 4) is 0 Å². The van der Waals surface area contributed by atoms with E-state index in [-0.39, 0.29) is 4.97 Å². The van der Waals surface area contributed by atoms with Gasteiger partial charge in [-0.1, -0.05) is 0 Å². The van der Waals surface area contributed by atoms with E-state index in [2.05, 4.69) is 15.2 Å². The van der Waals surface area contributed by atoms with E-state index in [1.807, 2.05) is 4.90 Å². The van der Waals surface area contributed by atoms with Crippen LogP contribution >= 0.6 is 0 Å². The highest BCUT2D eigenvalue weighted by Gasteiger charge is 2.22. The second-order valence-corrected chi connectivity index (χ2v) is 3.32. The summed E-state index contributed by atoms with van der Waals surface area (Å²) in [5.74, 6) is 0.638. The first-order valence-electron chi connectivity index (χ1n) is 4.88. The second kappa shape index (κ2) is 4.60. The molecule has 0 bridgehead atoms. The number of nitrogens with zero attached hydrogens (tertiary/aromatic N) is 6. The van der Waals surface area contributed by atoms with Gasteiger partial charge >= 0.3 is 0 Å². The molecule has 8 nitrogen and oxygen atoms in total. The van der Waals surface area contributed by atoms with Gasteiger partial charge in [0.1, 0.15) is 0 Å². The van der Waals surface area contributed by atoms with Gasteiger partial charge in [0.15, 0.2) is 0 Å². The molecule has 1 fully saturated rings. The third-order valence-corrected chi connectivity index (χ3v) is 2.40. The number of hydrazine groups is 1. The lowest BCUT2D eigenvalue weighted by Gasteiger charge is -2.31. The summed E-state index contributed by atoms with van der Waals surface area (Å²) in [6.45, 7) is 2.07. The van der Waals surface area contributed by atoms with Gasteiger partial charge < -0.3 is 15.3 Å². The zero-order valence-electron chi connectivity index (χ0n) is 8.56. The maximum atomic E-state index is 10.9. The Hall–Kier alpha value is -2.12. The van der Waals surface area contributed by atoms with Crippen LogP contribution in [0, 0.1) is 10.4 Å². The molecule has 0 N–H and O–H groups in total. The SMILES string of the molecule is [O-]/N=[N+](\[O-])N1CCN(c2ncccn2)CC1. The van der Waals surface area contributed by atoms with Crippen molar-refractivity contribution in [1.82, 2.24) is 15.0 Å². The average molecular weight is 223 g/mol. The molecule has 16 heavy (non-hydrogen) atoms. The minimum Gasteiger partial charge on any atom is -0.737 e. The first-order chi connectivity index (χ1) is 7.81. The Labute approximate surface area is 92.0 Å². The van der Waals surface area contributed by atoms with E-state index in [9.17, 15) is 10.4 Å². The molecule has 0 unspecified atom stereocenters. The standard InChI is InChI=1S/C8H12N6O2/c15-11-14(16)13-6-4-12(5-7-13)8-9-2-1-3-10-8/h1-3,15H,4-7H2/p-1/b14-11-. The van der Waals surface area contributed by atoms with Crippen LogP contribution in [0.15, 0.2) is 23.7 Å². The monoisotopic (exact) mass is 223 g/mol. The van der Waals surface area contributed by atoms with Crippen molar-refractivity contribution in [3.05, 3.63) is 28.9 Å². The Bertz CT molecular complexity index is 362. The average Bonchev–Trinajstić information content (AvgIpc) is 2.39. The molecule has 2 heterocycles. The minimum absolute atomic E-state index is 0.0865. The fourth-order valence-electron chi connectivity index (χ4n) is 1.57.